The molecule has 1 aliphatic heterocycles. The largest absolute Gasteiger partial charge is 0.370 e. The minimum Gasteiger partial charge on any atom is -0.370 e. The Kier molecular flexibility index (Phi) is 5.25. The highest BCUT2D eigenvalue weighted by Gasteiger charge is 2.31. The van der Waals surface area contributed by atoms with E-state index in [1.807, 2.05) is 24.3 Å². The molecule has 0 spiro atoms. The molecule has 1 saturated heterocycles. The van der Waals surface area contributed by atoms with Crippen LogP contribution >= 0.6 is 23.2 Å². The van der Waals surface area contributed by atoms with Crippen LogP contribution in [0.1, 0.15) is 18.6 Å². The van der Waals surface area contributed by atoms with Gasteiger partial charge >= 0.3 is 0 Å². The van der Waals surface area contributed by atoms with Gasteiger partial charge in [-0.05, 0) is 24.6 Å². The molecule has 0 unspecified atom stereocenters. The van der Waals surface area contributed by atoms with Gasteiger partial charge in [0.1, 0.15) is 29.1 Å². The number of imidazole rings is 1. The number of aromatic nitrogens is 4. The van der Waals surface area contributed by atoms with E-state index in [9.17, 15) is 4.39 Å². The van der Waals surface area contributed by atoms with Gasteiger partial charge in [-0.25, -0.2) is 14.4 Å². The monoisotopic (exact) mass is 457 g/mol. The first-order valence-electron chi connectivity index (χ1n) is 9.79. The summed E-state index contributed by atoms with van der Waals surface area (Å²) < 4.78 is 21.5. The topological polar surface area (TPSA) is 55.5 Å². The molecule has 0 amide bonds. The summed E-state index contributed by atoms with van der Waals surface area (Å²) >= 11 is 12.1. The van der Waals surface area contributed by atoms with Gasteiger partial charge in [-0.2, -0.15) is 0 Å². The summed E-state index contributed by atoms with van der Waals surface area (Å²) in [5.74, 6) is 0.212. The number of benzene rings is 1. The minimum absolute atomic E-state index is 0.0158. The number of hydrogen-bond acceptors (Lipinski definition) is 5. The Hall–Kier alpha value is -2.74. The second-order valence-electron chi connectivity index (χ2n) is 7.38. The fraction of sp³-hybridized carbons (Fsp3) is 0.227. The molecule has 6 nitrogen and oxygen atoms in total. The Morgan fingerprint density at radius 1 is 1.16 bits per heavy atom. The second kappa shape index (κ2) is 8.07. The number of anilines is 1. The van der Waals surface area contributed by atoms with Crippen molar-refractivity contribution in [2.75, 3.05) is 18.1 Å². The number of fused-ring (bicyclic) bond motifs is 1. The van der Waals surface area contributed by atoms with E-state index in [0.717, 1.165) is 11.4 Å². The lowest BCUT2D eigenvalue weighted by Crippen LogP contribution is -2.46. The molecule has 0 N–H and O–H groups in total. The molecule has 1 fully saturated rings. The van der Waals surface area contributed by atoms with Crippen molar-refractivity contribution in [3.8, 4) is 11.4 Å². The van der Waals surface area contributed by atoms with Crippen LogP contribution in [-0.4, -0.2) is 38.5 Å². The Labute approximate surface area is 188 Å². The number of ether oxygens (including phenoxy) is 1. The van der Waals surface area contributed by atoms with Crippen molar-refractivity contribution in [1.82, 2.24) is 19.4 Å². The normalized spacial score (nSPS) is 19.2. The lowest BCUT2D eigenvalue weighted by molar-refractivity contribution is 0.0142. The lowest BCUT2D eigenvalue weighted by atomic mass is 10.0. The van der Waals surface area contributed by atoms with Crippen LogP contribution in [-0.2, 0) is 4.74 Å². The van der Waals surface area contributed by atoms with Gasteiger partial charge in [0.2, 0.25) is 0 Å². The molecule has 0 saturated carbocycles. The highest BCUT2D eigenvalue weighted by molar-refractivity contribution is 6.31. The minimum atomic E-state index is -0.514. The molecule has 0 bridgehead atoms. The third-order valence-corrected chi connectivity index (χ3v) is 5.98. The maximum absolute atomic E-state index is 13.8. The molecule has 5 rings (SSSR count). The zero-order chi connectivity index (χ0) is 21.5. The number of halogens is 3. The molecule has 1 aromatic carbocycles. The van der Waals surface area contributed by atoms with Crippen LogP contribution in [0.15, 0.2) is 55.1 Å². The highest BCUT2D eigenvalue weighted by atomic mass is 35.5. The predicted octanol–water partition coefficient (Wildman–Crippen LogP) is 5.20. The van der Waals surface area contributed by atoms with Crippen molar-refractivity contribution in [2.45, 2.75) is 19.1 Å². The first kappa shape index (κ1) is 20.2. The second-order valence-corrected chi connectivity index (χ2v) is 8.23. The van der Waals surface area contributed by atoms with Crippen LogP contribution < -0.4 is 4.90 Å². The maximum atomic E-state index is 13.8. The molecular formula is C22H18Cl2FN5O. The molecule has 158 valence electrons. The van der Waals surface area contributed by atoms with Gasteiger partial charge in [0, 0.05) is 23.8 Å². The van der Waals surface area contributed by atoms with E-state index in [1.54, 1.807) is 23.0 Å². The van der Waals surface area contributed by atoms with Crippen molar-refractivity contribution in [2.24, 2.45) is 0 Å². The summed E-state index contributed by atoms with van der Waals surface area (Å²) in [6.45, 7) is 3.33. The number of morpholine rings is 1. The molecule has 3 aromatic heterocycles. The number of rotatable bonds is 3. The van der Waals surface area contributed by atoms with Gasteiger partial charge < -0.3 is 9.64 Å². The fourth-order valence-electron chi connectivity index (χ4n) is 3.95. The standard InChI is InChI=1S/C22H18Cl2FN5O/c1-13-22(14-3-2-4-15(23)7-14)31-6-5-29(13)21-11-26-9-18(28-21)19-10-27-20-8-17(25)16(24)12-30(19)20/h2-4,7-13,22H,5-6H2,1H3/t13-,22+/m0/s1. The highest BCUT2D eigenvalue weighted by Crippen LogP contribution is 2.33. The predicted molar refractivity (Wildman–Crippen MR) is 118 cm³/mol. The summed E-state index contributed by atoms with van der Waals surface area (Å²) in [5.41, 5.74) is 2.77. The summed E-state index contributed by atoms with van der Waals surface area (Å²) in [6, 6.07) is 9.02. The Morgan fingerprint density at radius 3 is 2.87 bits per heavy atom. The third-order valence-electron chi connectivity index (χ3n) is 5.47. The van der Waals surface area contributed by atoms with E-state index in [-0.39, 0.29) is 17.2 Å². The molecule has 9 heteroatoms. The van der Waals surface area contributed by atoms with Crippen molar-refractivity contribution in [3.05, 3.63) is 76.5 Å². The van der Waals surface area contributed by atoms with E-state index in [1.165, 1.54) is 12.3 Å². The van der Waals surface area contributed by atoms with Gasteiger partial charge in [-0.15, -0.1) is 0 Å². The molecule has 31 heavy (non-hydrogen) atoms. The van der Waals surface area contributed by atoms with Gasteiger partial charge in [0.25, 0.3) is 0 Å². The van der Waals surface area contributed by atoms with Gasteiger partial charge in [0.05, 0.1) is 42.0 Å². The summed E-state index contributed by atoms with van der Waals surface area (Å²) in [7, 11) is 0. The smallest absolute Gasteiger partial charge is 0.148 e. The van der Waals surface area contributed by atoms with E-state index >= 15 is 0 Å². The molecule has 2 atom stereocenters. The van der Waals surface area contributed by atoms with Gasteiger partial charge in [-0.3, -0.25) is 9.38 Å². The van der Waals surface area contributed by atoms with E-state index in [0.29, 0.717) is 35.2 Å². The lowest BCUT2D eigenvalue weighted by Gasteiger charge is -2.40. The maximum Gasteiger partial charge on any atom is 0.148 e. The quantitative estimate of drug-likeness (QED) is 0.422. The molecule has 4 heterocycles. The van der Waals surface area contributed by atoms with Crippen LogP contribution in [0.3, 0.4) is 0 Å². The molecular weight excluding hydrogens is 440 g/mol. The van der Waals surface area contributed by atoms with Crippen molar-refractivity contribution < 1.29 is 9.13 Å². The van der Waals surface area contributed by atoms with Crippen molar-refractivity contribution >= 4 is 34.7 Å². The van der Waals surface area contributed by atoms with Gasteiger partial charge in [-0.1, -0.05) is 35.3 Å². The van der Waals surface area contributed by atoms with Crippen LogP contribution in [0.2, 0.25) is 10.0 Å². The SMILES string of the molecule is C[C@H]1[C@H](c2cccc(Cl)c2)OCCN1c1cncc(-c2cnc3cc(F)c(Cl)cn23)n1. The van der Waals surface area contributed by atoms with Crippen molar-refractivity contribution in [1.29, 1.82) is 0 Å². The van der Waals surface area contributed by atoms with Crippen LogP contribution in [0, 0.1) is 5.82 Å². The first-order valence-corrected chi connectivity index (χ1v) is 10.5. The van der Waals surface area contributed by atoms with Crippen LogP contribution in [0.5, 0.6) is 0 Å². The summed E-state index contributed by atoms with van der Waals surface area (Å²) in [5, 5.41) is 0.692. The Balaban J connectivity index is 1.49. The molecule has 0 aliphatic carbocycles. The van der Waals surface area contributed by atoms with Crippen LogP contribution in [0.25, 0.3) is 17.0 Å². The Bertz CT molecular complexity index is 1260. The van der Waals surface area contributed by atoms with Crippen LogP contribution in [0.4, 0.5) is 10.2 Å². The molecule has 4 aromatic rings. The third kappa shape index (κ3) is 3.73. The number of hydrogen-bond donors (Lipinski definition) is 0. The zero-order valence-electron chi connectivity index (χ0n) is 16.5. The fourth-order valence-corrected chi connectivity index (χ4v) is 4.30. The first-order chi connectivity index (χ1) is 15.0. The van der Waals surface area contributed by atoms with E-state index in [4.69, 9.17) is 32.9 Å². The Morgan fingerprint density at radius 2 is 2.03 bits per heavy atom. The number of pyridine rings is 1. The number of nitrogens with zero attached hydrogens (tertiary/aromatic N) is 5. The molecule has 1 aliphatic rings. The summed E-state index contributed by atoms with van der Waals surface area (Å²) in [6.07, 6.45) is 6.38. The average Bonchev–Trinajstić information content (AvgIpc) is 3.17. The zero-order valence-corrected chi connectivity index (χ0v) is 18.1. The average molecular weight is 458 g/mol. The van der Waals surface area contributed by atoms with E-state index in [2.05, 4.69) is 21.8 Å². The van der Waals surface area contributed by atoms with Crippen molar-refractivity contribution in [3.63, 3.8) is 0 Å². The molecule has 0 radical (unpaired) electrons. The van der Waals surface area contributed by atoms with E-state index < -0.39 is 5.82 Å². The van der Waals surface area contributed by atoms with Gasteiger partial charge in [0.15, 0.2) is 0 Å². The summed E-state index contributed by atoms with van der Waals surface area (Å²) in [4.78, 5) is 15.6.